The maximum Gasteiger partial charge on any atom is 0.255 e. The molecule has 0 spiro atoms. The Kier molecular flexibility index (Phi) is 5.62. The first-order chi connectivity index (χ1) is 14.2. The Morgan fingerprint density at radius 1 is 1.21 bits per heavy atom. The van der Waals surface area contributed by atoms with E-state index in [9.17, 15) is 4.79 Å². The Morgan fingerprint density at radius 3 is 2.79 bits per heavy atom. The number of carbonyl (C=O) groups is 1. The molecule has 3 aromatic rings. The lowest BCUT2D eigenvalue weighted by molar-refractivity contribution is 0.0303. The number of rotatable bonds is 6. The zero-order valence-electron chi connectivity index (χ0n) is 16.8. The van der Waals surface area contributed by atoms with Crippen LogP contribution in [0.5, 0.6) is 0 Å². The maximum atomic E-state index is 12.7. The lowest BCUT2D eigenvalue weighted by atomic mass is 10.2. The smallest absolute Gasteiger partial charge is 0.255 e. The molecule has 0 aliphatic carbocycles. The average molecular weight is 394 g/mol. The topological polar surface area (TPSA) is 84.3 Å². The number of aromatic nitrogens is 3. The Labute approximate surface area is 169 Å². The number of nitrogens with one attached hydrogen (secondary N) is 2. The van der Waals surface area contributed by atoms with Crippen LogP contribution in [0, 0.1) is 0 Å². The van der Waals surface area contributed by atoms with E-state index in [2.05, 4.69) is 27.5 Å². The largest absolute Gasteiger partial charge is 0.378 e. The molecule has 0 bridgehead atoms. The number of ether oxygens (including phenoxy) is 1. The maximum absolute atomic E-state index is 12.7. The second kappa shape index (κ2) is 8.48. The van der Waals surface area contributed by atoms with Crippen molar-refractivity contribution in [1.82, 2.24) is 19.4 Å². The van der Waals surface area contributed by atoms with Gasteiger partial charge in [0.05, 0.1) is 24.3 Å². The Balaban J connectivity index is 1.64. The van der Waals surface area contributed by atoms with E-state index >= 15 is 0 Å². The summed E-state index contributed by atoms with van der Waals surface area (Å²) in [5.74, 6) is 1.44. The summed E-state index contributed by atoms with van der Waals surface area (Å²) in [5.41, 5.74) is 2.46. The summed E-state index contributed by atoms with van der Waals surface area (Å²) in [7, 11) is 1.81. The number of anilines is 2. The number of carbonyl (C=O) groups excluding carboxylic acids is 1. The van der Waals surface area contributed by atoms with Crippen molar-refractivity contribution in [3.63, 3.8) is 0 Å². The summed E-state index contributed by atoms with van der Waals surface area (Å²) in [4.78, 5) is 23.7. The highest BCUT2D eigenvalue weighted by Crippen LogP contribution is 2.25. The highest BCUT2D eigenvalue weighted by atomic mass is 16.5. The molecule has 0 saturated carbocycles. The van der Waals surface area contributed by atoms with Gasteiger partial charge in [-0.2, -0.15) is 4.98 Å². The number of benzene rings is 1. The van der Waals surface area contributed by atoms with Gasteiger partial charge in [-0.05, 0) is 30.7 Å². The van der Waals surface area contributed by atoms with Crippen LogP contribution >= 0.6 is 0 Å². The molecule has 4 rings (SSSR count). The molecule has 8 nitrogen and oxygen atoms in total. The molecule has 0 atom stereocenters. The van der Waals surface area contributed by atoms with Gasteiger partial charge in [0.25, 0.3) is 5.91 Å². The van der Waals surface area contributed by atoms with Crippen molar-refractivity contribution in [2.24, 2.45) is 0 Å². The summed E-state index contributed by atoms with van der Waals surface area (Å²) in [6, 6.07) is 7.91. The predicted molar refractivity (Wildman–Crippen MR) is 114 cm³/mol. The monoisotopic (exact) mass is 394 g/mol. The minimum Gasteiger partial charge on any atom is -0.378 e. The first-order valence-corrected chi connectivity index (χ1v) is 9.98. The van der Waals surface area contributed by atoms with Crippen LogP contribution in [0.3, 0.4) is 0 Å². The number of nitrogens with zero attached hydrogens (tertiary/aromatic N) is 4. The molecule has 3 heterocycles. The van der Waals surface area contributed by atoms with Crippen LogP contribution < -0.4 is 10.6 Å². The van der Waals surface area contributed by atoms with Gasteiger partial charge in [-0.25, -0.2) is 4.98 Å². The molecule has 0 radical (unpaired) electrons. The number of amides is 1. The van der Waals surface area contributed by atoms with Gasteiger partial charge < -0.3 is 24.8 Å². The lowest BCUT2D eigenvalue weighted by Crippen LogP contribution is -2.40. The molecule has 0 unspecified atom stereocenters. The third-order valence-electron chi connectivity index (χ3n) is 4.98. The summed E-state index contributed by atoms with van der Waals surface area (Å²) in [5, 5.41) is 7.36. The van der Waals surface area contributed by atoms with Crippen LogP contribution in [-0.2, 0) is 4.74 Å². The minimum absolute atomic E-state index is 0.0404. The SMILES string of the molecule is CCCNc1nc(NC)nc2cc(-n3ccc(C(=O)N4CCOCC4)c3)ccc12. The number of fused-ring (bicyclic) bond motifs is 1. The highest BCUT2D eigenvalue weighted by molar-refractivity contribution is 5.94. The van der Waals surface area contributed by atoms with Crippen LogP contribution in [0.2, 0.25) is 0 Å². The van der Waals surface area contributed by atoms with Gasteiger partial charge in [-0.15, -0.1) is 0 Å². The molecule has 2 N–H and O–H groups in total. The lowest BCUT2D eigenvalue weighted by Gasteiger charge is -2.26. The second-order valence-electron chi connectivity index (χ2n) is 6.99. The van der Waals surface area contributed by atoms with Gasteiger partial charge in [0, 0.05) is 50.1 Å². The third-order valence-corrected chi connectivity index (χ3v) is 4.98. The van der Waals surface area contributed by atoms with Crippen molar-refractivity contribution < 1.29 is 9.53 Å². The van der Waals surface area contributed by atoms with Crippen molar-refractivity contribution in [2.45, 2.75) is 13.3 Å². The van der Waals surface area contributed by atoms with E-state index < -0.39 is 0 Å². The fourth-order valence-corrected chi connectivity index (χ4v) is 3.40. The number of morpholine rings is 1. The van der Waals surface area contributed by atoms with Gasteiger partial charge in [-0.1, -0.05) is 6.92 Å². The molecule has 2 aromatic heterocycles. The van der Waals surface area contributed by atoms with Gasteiger partial charge >= 0.3 is 0 Å². The van der Waals surface area contributed by atoms with Gasteiger partial charge in [-0.3, -0.25) is 4.79 Å². The molecule has 1 aromatic carbocycles. The normalized spacial score (nSPS) is 14.2. The van der Waals surface area contributed by atoms with Crippen LogP contribution in [0.1, 0.15) is 23.7 Å². The fourth-order valence-electron chi connectivity index (χ4n) is 3.40. The van der Waals surface area contributed by atoms with Gasteiger partial charge in [0.15, 0.2) is 0 Å². The van der Waals surface area contributed by atoms with E-state index in [1.807, 2.05) is 53.2 Å². The average Bonchev–Trinajstić information content (AvgIpc) is 3.27. The fraction of sp³-hybridized carbons (Fsp3) is 0.381. The molecule has 1 amide bonds. The molecular weight excluding hydrogens is 368 g/mol. The van der Waals surface area contributed by atoms with E-state index in [0.717, 1.165) is 35.4 Å². The summed E-state index contributed by atoms with van der Waals surface area (Å²) >= 11 is 0. The van der Waals surface area contributed by atoms with Gasteiger partial charge in [0.1, 0.15) is 5.82 Å². The van der Waals surface area contributed by atoms with Crippen molar-refractivity contribution in [3.8, 4) is 5.69 Å². The zero-order chi connectivity index (χ0) is 20.2. The van der Waals surface area contributed by atoms with E-state index in [0.29, 0.717) is 37.8 Å². The number of hydrogen-bond acceptors (Lipinski definition) is 6. The van der Waals surface area contributed by atoms with Gasteiger partial charge in [0.2, 0.25) is 5.95 Å². The molecule has 1 aliphatic rings. The molecule has 1 aliphatic heterocycles. The standard InChI is InChI=1S/C21H26N6O2/c1-3-7-23-19-17-5-4-16(13-18(17)24-21(22-2)25-19)27-8-6-15(14-27)20(28)26-9-11-29-12-10-26/h4-6,8,13-14H,3,7,9-12H2,1-2H3,(H2,22,23,24,25). The minimum atomic E-state index is 0.0404. The Bertz CT molecular complexity index is 1010. The van der Waals surface area contributed by atoms with E-state index in [-0.39, 0.29) is 5.91 Å². The molecule has 1 fully saturated rings. The Hall–Kier alpha value is -3.13. The predicted octanol–water partition coefficient (Wildman–Crippen LogP) is 2.76. The number of hydrogen-bond donors (Lipinski definition) is 2. The second-order valence-corrected chi connectivity index (χ2v) is 6.99. The molecule has 1 saturated heterocycles. The first kappa shape index (κ1) is 19.2. The highest BCUT2D eigenvalue weighted by Gasteiger charge is 2.19. The van der Waals surface area contributed by atoms with Crippen LogP contribution in [0.4, 0.5) is 11.8 Å². The third kappa shape index (κ3) is 4.02. The zero-order valence-corrected chi connectivity index (χ0v) is 16.8. The van der Waals surface area contributed by atoms with Crippen molar-refractivity contribution >= 4 is 28.6 Å². The molecule has 152 valence electrons. The van der Waals surface area contributed by atoms with E-state index in [1.54, 1.807) is 0 Å². The molecule has 8 heteroatoms. The van der Waals surface area contributed by atoms with Crippen LogP contribution in [-0.4, -0.2) is 65.2 Å². The van der Waals surface area contributed by atoms with E-state index in [1.165, 1.54) is 0 Å². The van der Waals surface area contributed by atoms with E-state index in [4.69, 9.17) is 4.74 Å². The van der Waals surface area contributed by atoms with Crippen molar-refractivity contribution in [2.75, 3.05) is 50.5 Å². The first-order valence-electron chi connectivity index (χ1n) is 9.98. The molecular formula is C21H26N6O2. The molecule has 29 heavy (non-hydrogen) atoms. The van der Waals surface area contributed by atoms with Crippen molar-refractivity contribution in [3.05, 3.63) is 42.2 Å². The summed E-state index contributed by atoms with van der Waals surface area (Å²) in [6.45, 7) is 5.43. The summed E-state index contributed by atoms with van der Waals surface area (Å²) < 4.78 is 7.28. The Morgan fingerprint density at radius 2 is 2.03 bits per heavy atom. The van der Waals surface area contributed by atoms with Crippen LogP contribution in [0.25, 0.3) is 16.6 Å². The quantitative estimate of drug-likeness (QED) is 0.669. The van der Waals surface area contributed by atoms with Crippen LogP contribution in [0.15, 0.2) is 36.7 Å². The van der Waals surface area contributed by atoms with Crippen molar-refractivity contribution in [1.29, 1.82) is 0 Å². The summed E-state index contributed by atoms with van der Waals surface area (Å²) in [6.07, 6.45) is 4.79.